The number of hydrogen-bond donors (Lipinski definition) is 1. The van der Waals surface area contributed by atoms with E-state index in [1.54, 1.807) is 0 Å². The molecule has 0 radical (unpaired) electrons. The second-order valence-corrected chi connectivity index (χ2v) is 5.67. The molecule has 0 atom stereocenters. The first-order chi connectivity index (χ1) is 9.20. The minimum Gasteiger partial charge on any atom is -0.389 e. The smallest absolute Gasteiger partial charge is 0.389 e. The van der Waals surface area contributed by atoms with Gasteiger partial charge in [0.05, 0.1) is 10.6 Å². The summed E-state index contributed by atoms with van der Waals surface area (Å²) < 4.78 is 52.0. The Bertz CT molecular complexity index is 632. The molecule has 0 aliphatic heterocycles. The molecule has 1 aromatic carbocycles. The minimum absolute atomic E-state index is 0.0610. The number of thiazole rings is 1. The maximum absolute atomic E-state index is 13.1. The van der Waals surface area contributed by atoms with E-state index in [9.17, 15) is 17.6 Å². The highest BCUT2D eigenvalue weighted by Crippen LogP contribution is 2.41. The molecule has 0 bridgehead atoms. The van der Waals surface area contributed by atoms with Gasteiger partial charge in [0.1, 0.15) is 16.5 Å². The summed E-state index contributed by atoms with van der Waals surface area (Å²) in [6.45, 7) is 3.74. The first-order valence-electron chi connectivity index (χ1n) is 5.83. The third-order valence-corrected chi connectivity index (χ3v) is 3.89. The van der Waals surface area contributed by atoms with Gasteiger partial charge in [-0.05, 0) is 18.2 Å². The maximum atomic E-state index is 13.1. The first-order valence-corrected chi connectivity index (χ1v) is 6.65. The quantitative estimate of drug-likeness (QED) is 0.819. The van der Waals surface area contributed by atoms with E-state index in [1.165, 1.54) is 0 Å². The van der Waals surface area contributed by atoms with Crippen LogP contribution in [0, 0.1) is 5.82 Å². The summed E-state index contributed by atoms with van der Waals surface area (Å²) in [7, 11) is 0. The van der Waals surface area contributed by atoms with Crippen LogP contribution in [0.1, 0.15) is 30.3 Å². The van der Waals surface area contributed by atoms with Crippen molar-refractivity contribution in [1.82, 2.24) is 4.98 Å². The van der Waals surface area contributed by atoms with E-state index in [4.69, 9.17) is 5.73 Å². The average molecular weight is 304 g/mol. The lowest BCUT2D eigenvalue weighted by Gasteiger charge is -2.12. The molecule has 1 heterocycles. The van der Waals surface area contributed by atoms with Crippen LogP contribution in [-0.4, -0.2) is 4.98 Å². The van der Waals surface area contributed by atoms with Gasteiger partial charge in [0.15, 0.2) is 0 Å². The minimum atomic E-state index is -4.66. The fraction of sp³-hybridized carbons (Fsp3) is 0.308. The molecule has 7 heteroatoms. The summed E-state index contributed by atoms with van der Waals surface area (Å²) in [5, 5.41) is 0.848. The average Bonchev–Trinajstić information content (AvgIpc) is 2.70. The molecule has 0 saturated carbocycles. The molecule has 20 heavy (non-hydrogen) atoms. The van der Waals surface area contributed by atoms with E-state index >= 15 is 0 Å². The molecule has 2 rings (SSSR count). The van der Waals surface area contributed by atoms with Gasteiger partial charge in [-0.25, -0.2) is 9.37 Å². The molecule has 0 amide bonds. The van der Waals surface area contributed by atoms with Gasteiger partial charge in [0.25, 0.3) is 0 Å². The van der Waals surface area contributed by atoms with Crippen LogP contribution in [0.15, 0.2) is 18.2 Å². The van der Waals surface area contributed by atoms with E-state index in [1.807, 2.05) is 13.8 Å². The van der Waals surface area contributed by atoms with Crippen LogP contribution in [0.25, 0.3) is 11.3 Å². The molecule has 0 fully saturated rings. The third kappa shape index (κ3) is 2.77. The molecule has 0 aliphatic rings. The number of alkyl halides is 3. The lowest BCUT2D eigenvalue weighted by Crippen LogP contribution is -2.08. The van der Waals surface area contributed by atoms with Gasteiger partial charge < -0.3 is 5.73 Å². The Morgan fingerprint density at radius 1 is 1.25 bits per heavy atom. The van der Waals surface area contributed by atoms with Crippen molar-refractivity contribution in [3.8, 4) is 11.3 Å². The zero-order valence-corrected chi connectivity index (χ0v) is 11.6. The molecule has 2 N–H and O–H groups in total. The SMILES string of the molecule is CC(C)c1nc(-c2ccc(F)cc2C(F)(F)F)c(N)s1. The topological polar surface area (TPSA) is 38.9 Å². The zero-order chi connectivity index (χ0) is 15.1. The van der Waals surface area contributed by atoms with Crippen LogP contribution in [0.3, 0.4) is 0 Å². The number of rotatable bonds is 2. The molecule has 1 aromatic heterocycles. The van der Waals surface area contributed by atoms with Crippen LogP contribution < -0.4 is 5.73 Å². The number of halogens is 4. The van der Waals surface area contributed by atoms with Crippen molar-refractivity contribution in [1.29, 1.82) is 0 Å². The van der Waals surface area contributed by atoms with Crippen molar-refractivity contribution in [2.75, 3.05) is 5.73 Å². The summed E-state index contributed by atoms with van der Waals surface area (Å²) in [4.78, 5) is 4.15. The predicted molar refractivity (Wildman–Crippen MR) is 71.0 cm³/mol. The Labute approximate surface area is 117 Å². The maximum Gasteiger partial charge on any atom is 0.417 e. The Hall–Kier alpha value is -1.63. The molecule has 0 unspecified atom stereocenters. The van der Waals surface area contributed by atoms with Crippen molar-refractivity contribution < 1.29 is 17.6 Å². The van der Waals surface area contributed by atoms with Gasteiger partial charge in [-0.1, -0.05) is 13.8 Å². The lowest BCUT2D eigenvalue weighted by atomic mass is 10.0. The molecule has 2 aromatic rings. The number of nitrogens with zero attached hydrogens (tertiary/aromatic N) is 1. The summed E-state index contributed by atoms with van der Waals surface area (Å²) in [6.07, 6.45) is -4.66. The van der Waals surface area contributed by atoms with E-state index < -0.39 is 17.6 Å². The lowest BCUT2D eigenvalue weighted by molar-refractivity contribution is -0.137. The Kier molecular flexibility index (Phi) is 3.73. The molecular weight excluding hydrogens is 292 g/mol. The summed E-state index contributed by atoms with van der Waals surface area (Å²) in [6, 6.07) is 2.50. The second kappa shape index (κ2) is 5.05. The Morgan fingerprint density at radius 3 is 2.40 bits per heavy atom. The number of hydrogen-bond acceptors (Lipinski definition) is 3. The number of benzene rings is 1. The number of nitrogen functional groups attached to an aromatic ring is 1. The number of nitrogens with two attached hydrogens (primary N) is 1. The molecule has 2 nitrogen and oxygen atoms in total. The predicted octanol–water partition coefficient (Wildman–Crippen LogP) is 4.67. The van der Waals surface area contributed by atoms with E-state index in [0.29, 0.717) is 11.1 Å². The van der Waals surface area contributed by atoms with E-state index in [0.717, 1.165) is 23.5 Å². The Morgan fingerprint density at radius 2 is 1.90 bits per heavy atom. The van der Waals surface area contributed by atoms with E-state index in [2.05, 4.69) is 4.98 Å². The summed E-state index contributed by atoms with van der Waals surface area (Å²) in [5.41, 5.74) is 4.56. The van der Waals surface area contributed by atoms with Crippen molar-refractivity contribution in [3.05, 3.63) is 34.6 Å². The standard InChI is InChI=1S/C13H12F4N2S/c1-6(2)12-19-10(11(18)20-12)8-4-3-7(14)5-9(8)13(15,16)17/h3-6H,18H2,1-2H3. The Balaban J connectivity index is 2.64. The number of aromatic nitrogens is 1. The highest BCUT2D eigenvalue weighted by Gasteiger charge is 2.35. The summed E-state index contributed by atoms with van der Waals surface area (Å²) in [5.74, 6) is -0.884. The van der Waals surface area contributed by atoms with Crippen LogP contribution in [0.5, 0.6) is 0 Å². The van der Waals surface area contributed by atoms with E-state index in [-0.39, 0.29) is 22.2 Å². The highest BCUT2D eigenvalue weighted by atomic mass is 32.1. The largest absolute Gasteiger partial charge is 0.417 e. The molecule has 0 saturated heterocycles. The first kappa shape index (κ1) is 14.8. The number of anilines is 1. The van der Waals surface area contributed by atoms with Gasteiger partial charge in [-0.15, -0.1) is 11.3 Å². The highest BCUT2D eigenvalue weighted by molar-refractivity contribution is 7.16. The van der Waals surface area contributed by atoms with Gasteiger partial charge >= 0.3 is 6.18 Å². The van der Waals surface area contributed by atoms with Crippen LogP contribution in [0.4, 0.5) is 22.6 Å². The van der Waals surface area contributed by atoms with Crippen molar-refractivity contribution in [2.24, 2.45) is 0 Å². The monoisotopic (exact) mass is 304 g/mol. The van der Waals surface area contributed by atoms with Crippen LogP contribution in [-0.2, 0) is 6.18 Å². The van der Waals surface area contributed by atoms with Crippen LogP contribution >= 0.6 is 11.3 Å². The second-order valence-electron chi connectivity index (χ2n) is 4.61. The van der Waals surface area contributed by atoms with Crippen molar-refractivity contribution in [3.63, 3.8) is 0 Å². The zero-order valence-electron chi connectivity index (χ0n) is 10.8. The summed E-state index contributed by atoms with van der Waals surface area (Å²) >= 11 is 1.15. The molecule has 0 aliphatic carbocycles. The van der Waals surface area contributed by atoms with Gasteiger partial charge in [-0.3, -0.25) is 0 Å². The van der Waals surface area contributed by atoms with Gasteiger partial charge in [-0.2, -0.15) is 13.2 Å². The van der Waals surface area contributed by atoms with Crippen molar-refractivity contribution >= 4 is 16.3 Å². The fourth-order valence-electron chi connectivity index (χ4n) is 1.75. The van der Waals surface area contributed by atoms with Crippen molar-refractivity contribution in [2.45, 2.75) is 25.9 Å². The molecule has 108 valence electrons. The third-order valence-electron chi connectivity index (χ3n) is 2.71. The molecule has 0 spiro atoms. The van der Waals surface area contributed by atoms with Crippen LogP contribution in [0.2, 0.25) is 0 Å². The van der Waals surface area contributed by atoms with Gasteiger partial charge in [0, 0.05) is 11.5 Å². The van der Waals surface area contributed by atoms with Gasteiger partial charge in [0.2, 0.25) is 0 Å². The normalized spacial score (nSPS) is 12.2. The fourth-order valence-corrected chi connectivity index (χ4v) is 2.60. The molecular formula is C13H12F4N2S.